The van der Waals surface area contributed by atoms with E-state index in [2.05, 4.69) is 10.4 Å². The van der Waals surface area contributed by atoms with Crippen molar-refractivity contribution in [2.24, 2.45) is 7.05 Å². The molecule has 1 heterocycles. The highest BCUT2D eigenvalue weighted by molar-refractivity contribution is 5.95. The van der Waals surface area contributed by atoms with Crippen molar-refractivity contribution in [2.45, 2.75) is 19.4 Å². The lowest BCUT2D eigenvalue weighted by atomic mass is 10.2. The maximum Gasteiger partial charge on any atom is 0.255 e. The highest BCUT2D eigenvalue weighted by Gasteiger charge is 2.17. The molecule has 0 aliphatic rings. The number of rotatable bonds is 6. The molecule has 1 unspecified atom stereocenters. The van der Waals surface area contributed by atoms with Crippen LogP contribution >= 0.6 is 0 Å². The summed E-state index contributed by atoms with van der Waals surface area (Å²) in [6.07, 6.45) is 2.37. The number of hydrogen-bond acceptors (Lipinski definition) is 4. The van der Waals surface area contributed by atoms with E-state index in [0.717, 1.165) is 5.69 Å². The quantitative estimate of drug-likeness (QED) is 0.718. The van der Waals surface area contributed by atoms with E-state index in [1.165, 1.54) is 7.11 Å². The van der Waals surface area contributed by atoms with Crippen LogP contribution in [0.25, 0.3) is 0 Å². The third kappa shape index (κ3) is 3.54. The summed E-state index contributed by atoms with van der Waals surface area (Å²) >= 11 is 0. The van der Waals surface area contributed by atoms with Gasteiger partial charge in [0.15, 0.2) is 0 Å². The van der Waals surface area contributed by atoms with Crippen molar-refractivity contribution in [2.75, 3.05) is 20.3 Å². The Bertz CT molecular complexity index is 376. The van der Waals surface area contributed by atoms with Crippen LogP contribution in [0.2, 0.25) is 0 Å². The number of aliphatic hydroxyl groups is 1. The molecule has 1 aromatic heterocycles. The van der Waals surface area contributed by atoms with E-state index >= 15 is 0 Å². The number of methoxy groups -OCH3 is 1. The van der Waals surface area contributed by atoms with Crippen molar-refractivity contribution in [3.8, 4) is 0 Å². The predicted molar refractivity (Wildman–Crippen MR) is 62.8 cm³/mol. The van der Waals surface area contributed by atoms with Crippen LogP contribution in [0.3, 0.4) is 0 Å². The zero-order valence-corrected chi connectivity index (χ0v) is 10.4. The topological polar surface area (TPSA) is 76.4 Å². The Balaban J connectivity index is 2.74. The molecule has 0 saturated carbocycles. The Morgan fingerprint density at radius 3 is 2.94 bits per heavy atom. The van der Waals surface area contributed by atoms with Gasteiger partial charge in [0.1, 0.15) is 0 Å². The van der Waals surface area contributed by atoms with Gasteiger partial charge in [-0.1, -0.05) is 6.92 Å². The van der Waals surface area contributed by atoms with Crippen LogP contribution in [0.4, 0.5) is 0 Å². The lowest BCUT2D eigenvalue weighted by molar-refractivity contribution is 0.0839. The summed E-state index contributed by atoms with van der Waals surface area (Å²) in [5, 5.41) is 16.0. The number of aryl methyl sites for hydroxylation is 2. The smallest absolute Gasteiger partial charge is 0.255 e. The van der Waals surface area contributed by atoms with Crippen LogP contribution in [-0.2, 0) is 18.2 Å². The van der Waals surface area contributed by atoms with Crippen molar-refractivity contribution >= 4 is 5.91 Å². The standard InChI is InChI=1S/C11H19N3O3/c1-4-10-9(5-14(2)13-10)11(16)12-8(6-15)7-17-3/h5,8,15H,4,6-7H2,1-3H3,(H,12,16). The number of nitrogens with one attached hydrogen (secondary N) is 1. The van der Waals surface area contributed by atoms with Crippen LogP contribution in [-0.4, -0.2) is 47.2 Å². The van der Waals surface area contributed by atoms with Gasteiger partial charge in [0, 0.05) is 20.4 Å². The fraction of sp³-hybridized carbons (Fsp3) is 0.636. The second kappa shape index (κ2) is 6.36. The van der Waals surface area contributed by atoms with Crippen LogP contribution in [0, 0.1) is 0 Å². The number of carbonyl (C=O) groups excluding carboxylic acids is 1. The van der Waals surface area contributed by atoms with Gasteiger partial charge in [0.2, 0.25) is 0 Å². The average Bonchev–Trinajstić information content (AvgIpc) is 2.69. The number of hydrogen-bond donors (Lipinski definition) is 2. The number of aromatic nitrogens is 2. The molecule has 0 spiro atoms. The molecule has 6 nitrogen and oxygen atoms in total. The molecule has 0 aromatic carbocycles. The molecular formula is C11H19N3O3. The lowest BCUT2D eigenvalue weighted by Crippen LogP contribution is -2.40. The first-order chi connectivity index (χ1) is 8.12. The highest BCUT2D eigenvalue weighted by atomic mass is 16.5. The van der Waals surface area contributed by atoms with Crippen molar-refractivity contribution in [3.63, 3.8) is 0 Å². The SMILES string of the molecule is CCc1nn(C)cc1C(=O)NC(CO)COC. The van der Waals surface area contributed by atoms with Gasteiger partial charge < -0.3 is 15.2 Å². The lowest BCUT2D eigenvalue weighted by Gasteiger charge is -2.14. The maximum absolute atomic E-state index is 12.0. The Morgan fingerprint density at radius 1 is 1.71 bits per heavy atom. The van der Waals surface area contributed by atoms with Crippen molar-refractivity contribution in [1.29, 1.82) is 0 Å². The van der Waals surface area contributed by atoms with Gasteiger partial charge in [0.25, 0.3) is 5.91 Å². The normalized spacial score (nSPS) is 12.5. The van der Waals surface area contributed by atoms with Crippen LogP contribution in [0.5, 0.6) is 0 Å². The second-order valence-corrected chi connectivity index (χ2v) is 3.82. The third-order valence-corrected chi connectivity index (χ3v) is 2.41. The van der Waals surface area contributed by atoms with Gasteiger partial charge in [-0.3, -0.25) is 9.48 Å². The van der Waals surface area contributed by atoms with E-state index in [1.54, 1.807) is 17.9 Å². The molecule has 96 valence electrons. The highest BCUT2D eigenvalue weighted by Crippen LogP contribution is 2.07. The van der Waals surface area contributed by atoms with Gasteiger partial charge >= 0.3 is 0 Å². The molecule has 0 radical (unpaired) electrons. The first-order valence-electron chi connectivity index (χ1n) is 5.55. The maximum atomic E-state index is 12.0. The van der Waals surface area contributed by atoms with Crippen molar-refractivity contribution < 1.29 is 14.6 Å². The van der Waals surface area contributed by atoms with E-state index in [1.807, 2.05) is 6.92 Å². The van der Waals surface area contributed by atoms with E-state index in [-0.39, 0.29) is 19.1 Å². The fourth-order valence-corrected chi connectivity index (χ4v) is 1.59. The summed E-state index contributed by atoms with van der Waals surface area (Å²) in [7, 11) is 3.30. The molecule has 0 aliphatic heterocycles. The largest absolute Gasteiger partial charge is 0.394 e. The third-order valence-electron chi connectivity index (χ3n) is 2.41. The predicted octanol–water partition coefficient (Wildman–Crippen LogP) is -0.280. The van der Waals surface area contributed by atoms with Gasteiger partial charge in [-0.25, -0.2) is 0 Å². The van der Waals surface area contributed by atoms with Crippen molar-refractivity contribution in [1.82, 2.24) is 15.1 Å². The zero-order valence-electron chi connectivity index (χ0n) is 10.4. The minimum Gasteiger partial charge on any atom is -0.394 e. The summed E-state index contributed by atoms with van der Waals surface area (Å²) in [4.78, 5) is 12.0. The van der Waals surface area contributed by atoms with Crippen LogP contribution in [0.1, 0.15) is 23.0 Å². The number of carbonyl (C=O) groups is 1. The van der Waals surface area contributed by atoms with E-state index in [0.29, 0.717) is 12.0 Å². The summed E-state index contributed by atoms with van der Waals surface area (Å²) in [5.41, 5.74) is 1.30. The Kier molecular flexibility index (Phi) is 5.11. The summed E-state index contributed by atoms with van der Waals surface area (Å²) in [6, 6.07) is -0.391. The molecule has 0 saturated heterocycles. The van der Waals surface area contributed by atoms with E-state index in [4.69, 9.17) is 9.84 Å². The monoisotopic (exact) mass is 241 g/mol. The van der Waals surface area contributed by atoms with E-state index in [9.17, 15) is 4.79 Å². The molecule has 1 rings (SSSR count). The van der Waals surface area contributed by atoms with Gasteiger partial charge in [-0.15, -0.1) is 0 Å². The molecule has 0 bridgehead atoms. The molecule has 0 fully saturated rings. The fourth-order valence-electron chi connectivity index (χ4n) is 1.59. The minimum absolute atomic E-state index is 0.151. The molecule has 1 atom stereocenters. The van der Waals surface area contributed by atoms with Crippen molar-refractivity contribution in [3.05, 3.63) is 17.5 Å². The Hall–Kier alpha value is -1.40. The van der Waals surface area contributed by atoms with Gasteiger partial charge in [-0.2, -0.15) is 5.10 Å². The molecule has 2 N–H and O–H groups in total. The average molecular weight is 241 g/mol. The van der Waals surface area contributed by atoms with Gasteiger partial charge in [-0.05, 0) is 6.42 Å². The molecular weight excluding hydrogens is 222 g/mol. The second-order valence-electron chi connectivity index (χ2n) is 3.82. The zero-order chi connectivity index (χ0) is 12.8. The number of amides is 1. The molecule has 1 aromatic rings. The number of aliphatic hydroxyl groups excluding tert-OH is 1. The Morgan fingerprint density at radius 2 is 2.41 bits per heavy atom. The molecule has 6 heteroatoms. The van der Waals surface area contributed by atoms with Crippen LogP contribution < -0.4 is 5.32 Å². The summed E-state index contributed by atoms with van der Waals surface area (Å²) < 4.78 is 6.51. The summed E-state index contributed by atoms with van der Waals surface area (Å²) in [6.45, 7) is 2.07. The number of nitrogens with zero attached hydrogens (tertiary/aromatic N) is 2. The molecule has 17 heavy (non-hydrogen) atoms. The molecule has 1 amide bonds. The first-order valence-corrected chi connectivity index (χ1v) is 5.55. The van der Waals surface area contributed by atoms with E-state index < -0.39 is 6.04 Å². The number of ether oxygens (including phenoxy) is 1. The van der Waals surface area contributed by atoms with Gasteiger partial charge in [0.05, 0.1) is 30.5 Å². The Labute approximate surface area is 101 Å². The minimum atomic E-state index is -0.391. The first kappa shape index (κ1) is 13.7. The summed E-state index contributed by atoms with van der Waals surface area (Å²) in [5.74, 6) is -0.231. The molecule has 0 aliphatic carbocycles. The van der Waals surface area contributed by atoms with Crippen LogP contribution in [0.15, 0.2) is 6.20 Å².